The predicted molar refractivity (Wildman–Crippen MR) is 87.7 cm³/mol. The molecule has 0 fully saturated rings. The van der Waals surface area contributed by atoms with Crippen LogP contribution in [-0.4, -0.2) is 5.97 Å². The molecule has 3 aromatic rings. The van der Waals surface area contributed by atoms with Crippen LogP contribution in [0.4, 0.5) is 8.78 Å². The van der Waals surface area contributed by atoms with E-state index in [0.29, 0.717) is 27.6 Å². The highest BCUT2D eigenvalue weighted by Crippen LogP contribution is 2.25. The van der Waals surface area contributed by atoms with Crippen LogP contribution in [0.25, 0.3) is 11.0 Å². The van der Waals surface area contributed by atoms with Crippen LogP contribution in [0, 0.1) is 18.6 Å². The van der Waals surface area contributed by atoms with Gasteiger partial charge in [-0.15, -0.1) is 0 Å². The third-order valence-corrected chi connectivity index (χ3v) is 4.03. The molecule has 128 valence electrons. The summed E-state index contributed by atoms with van der Waals surface area (Å²) in [7, 11) is 0. The van der Waals surface area contributed by atoms with Gasteiger partial charge in [-0.25, -0.2) is 18.4 Å². The zero-order valence-electron chi connectivity index (χ0n) is 12.9. The first-order valence-corrected chi connectivity index (χ1v) is 7.58. The number of halogens is 3. The van der Waals surface area contributed by atoms with Crippen LogP contribution in [0.2, 0.25) is 5.02 Å². The molecule has 0 N–H and O–H groups in total. The van der Waals surface area contributed by atoms with Gasteiger partial charge in [0.15, 0.2) is 0 Å². The molecule has 4 nitrogen and oxygen atoms in total. The van der Waals surface area contributed by atoms with Crippen LogP contribution in [0.15, 0.2) is 45.6 Å². The number of fused-ring (bicyclic) bond motifs is 1. The fraction of sp³-hybridized carbons (Fsp3) is 0.111. The summed E-state index contributed by atoms with van der Waals surface area (Å²) in [6.07, 6.45) is 0. The van der Waals surface area contributed by atoms with Gasteiger partial charge in [0, 0.05) is 28.1 Å². The highest BCUT2D eigenvalue weighted by atomic mass is 35.5. The maximum atomic E-state index is 13.6. The monoisotopic (exact) mass is 364 g/mol. The Bertz CT molecular complexity index is 1040. The van der Waals surface area contributed by atoms with E-state index in [1.54, 1.807) is 19.1 Å². The second-order valence-corrected chi connectivity index (χ2v) is 5.80. The van der Waals surface area contributed by atoms with E-state index in [1.165, 1.54) is 6.07 Å². The summed E-state index contributed by atoms with van der Waals surface area (Å²) >= 11 is 6.08. The van der Waals surface area contributed by atoms with Gasteiger partial charge in [0.2, 0.25) is 0 Å². The number of esters is 1. The van der Waals surface area contributed by atoms with Gasteiger partial charge in [-0.2, -0.15) is 0 Å². The van der Waals surface area contributed by atoms with Gasteiger partial charge in [0.1, 0.15) is 23.8 Å². The number of rotatable bonds is 3. The molecule has 0 radical (unpaired) electrons. The van der Waals surface area contributed by atoms with Gasteiger partial charge in [0.05, 0.1) is 5.56 Å². The van der Waals surface area contributed by atoms with E-state index in [9.17, 15) is 18.4 Å². The number of hydrogen-bond acceptors (Lipinski definition) is 4. The van der Waals surface area contributed by atoms with E-state index in [4.69, 9.17) is 20.8 Å². The molecule has 2 aromatic carbocycles. The summed E-state index contributed by atoms with van der Waals surface area (Å²) in [5.41, 5.74) is 0.369. The van der Waals surface area contributed by atoms with Crippen LogP contribution < -0.4 is 5.63 Å². The van der Waals surface area contributed by atoms with Gasteiger partial charge >= 0.3 is 11.6 Å². The van der Waals surface area contributed by atoms with Gasteiger partial charge in [-0.3, -0.25) is 0 Å². The highest BCUT2D eigenvalue weighted by molar-refractivity contribution is 6.32. The molecule has 0 saturated carbocycles. The van der Waals surface area contributed by atoms with Crippen molar-refractivity contribution in [2.75, 3.05) is 0 Å². The molecule has 1 heterocycles. The third kappa shape index (κ3) is 3.53. The zero-order chi connectivity index (χ0) is 18.1. The quantitative estimate of drug-likeness (QED) is 0.511. The summed E-state index contributed by atoms with van der Waals surface area (Å²) in [6.45, 7) is 1.46. The Morgan fingerprint density at radius 2 is 1.96 bits per heavy atom. The Labute approximate surface area is 145 Å². The normalized spacial score (nSPS) is 10.9. The Morgan fingerprint density at radius 1 is 1.20 bits per heavy atom. The minimum absolute atomic E-state index is 0.295. The standard InChI is InChI=1S/C18H11ClF2O4/c1-9-4-16-13(7-14(9)19)10(5-17(22)25-16)8-24-18(23)12-3-2-11(20)6-15(12)21/h2-7H,8H2,1H3. The fourth-order valence-electron chi connectivity index (χ4n) is 2.34. The van der Waals surface area contributed by atoms with Crippen molar-refractivity contribution in [3.8, 4) is 0 Å². The van der Waals surface area contributed by atoms with Crippen molar-refractivity contribution in [3.63, 3.8) is 0 Å². The van der Waals surface area contributed by atoms with E-state index in [2.05, 4.69) is 0 Å². The van der Waals surface area contributed by atoms with Crippen LogP contribution in [0.5, 0.6) is 0 Å². The van der Waals surface area contributed by atoms with Crippen molar-refractivity contribution >= 4 is 28.5 Å². The maximum Gasteiger partial charge on any atom is 0.341 e. The van der Waals surface area contributed by atoms with Crippen molar-refractivity contribution in [3.05, 3.63) is 80.2 Å². The molecule has 0 saturated heterocycles. The Hall–Kier alpha value is -2.73. The summed E-state index contributed by atoms with van der Waals surface area (Å²) in [6, 6.07) is 6.90. The van der Waals surface area contributed by atoms with E-state index in [-0.39, 0.29) is 6.61 Å². The van der Waals surface area contributed by atoms with Crippen molar-refractivity contribution < 1.29 is 22.7 Å². The minimum atomic E-state index is -1.03. The molecule has 0 atom stereocenters. The number of benzene rings is 2. The smallest absolute Gasteiger partial charge is 0.341 e. The first-order valence-electron chi connectivity index (χ1n) is 7.20. The molecule has 0 unspecified atom stereocenters. The molecule has 0 bridgehead atoms. The third-order valence-electron chi connectivity index (χ3n) is 3.62. The number of carbonyl (C=O) groups excluding carboxylic acids is 1. The first kappa shape index (κ1) is 17.1. The van der Waals surface area contributed by atoms with Crippen molar-refractivity contribution in [2.45, 2.75) is 13.5 Å². The van der Waals surface area contributed by atoms with Crippen molar-refractivity contribution in [1.29, 1.82) is 0 Å². The van der Waals surface area contributed by atoms with Gasteiger partial charge in [0.25, 0.3) is 0 Å². The highest BCUT2D eigenvalue weighted by Gasteiger charge is 2.16. The lowest BCUT2D eigenvalue weighted by molar-refractivity contribution is 0.0468. The summed E-state index contributed by atoms with van der Waals surface area (Å²) < 4.78 is 36.7. The Balaban J connectivity index is 1.91. The van der Waals surface area contributed by atoms with Crippen molar-refractivity contribution in [2.24, 2.45) is 0 Å². The predicted octanol–water partition coefficient (Wildman–Crippen LogP) is 4.39. The van der Waals surface area contributed by atoms with Gasteiger partial charge in [-0.1, -0.05) is 11.6 Å². The van der Waals surface area contributed by atoms with Crippen LogP contribution >= 0.6 is 11.6 Å². The Morgan fingerprint density at radius 3 is 2.68 bits per heavy atom. The molecule has 0 spiro atoms. The molecule has 0 aliphatic heterocycles. The molecule has 25 heavy (non-hydrogen) atoms. The minimum Gasteiger partial charge on any atom is -0.457 e. The molecule has 0 aliphatic rings. The van der Waals surface area contributed by atoms with E-state index < -0.39 is 28.8 Å². The SMILES string of the molecule is Cc1cc2oc(=O)cc(COC(=O)c3ccc(F)cc3F)c2cc1Cl. The maximum absolute atomic E-state index is 13.6. The van der Waals surface area contributed by atoms with Crippen LogP contribution in [0.1, 0.15) is 21.5 Å². The second kappa shape index (κ2) is 6.64. The summed E-state index contributed by atoms with van der Waals surface area (Å²) in [4.78, 5) is 23.6. The molecule has 0 aliphatic carbocycles. The summed E-state index contributed by atoms with van der Waals surface area (Å²) in [5, 5.41) is 0.959. The van der Waals surface area contributed by atoms with E-state index in [1.807, 2.05) is 0 Å². The van der Waals surface area contributed by atoms with Crippen LogP contribution in [0.3, 0.4) is 0 Å². The van der Waals surface area contributed by atoms with Gasteiger partial charge in [-0.05, 0) is 36.8 Å². The van der Waals surface area contributed by atoms with Crippen LogP contribution in [-0.2, 0) is 11.3 Å². The Kier molecular flexibility index (Phi) is 4.55. The second-order valence-electron chi connectivity index (χ2n) is 5.39. The number of carbonyl (C=O) groups is 1. The topological polar surface area (TPSA) is 56.5 Å². The number of hydrogen-bond donors (Lipinski definition) is 0. The largest absolute Gasteiger partial charge is 0.457 e. The fourth-order valence-corrected chi connectivity index (χ4v) is 2.51. The number of aryl methyl sites for hydroxylation is 1. The average Bonchev–Trinajstić information content (AvgIpc) is 2.54. The molecule has 0 amide bonds. The average molecular weight is 365 g/mol. The molecular weight excluding hydrogens is 354 g/mol. The van der Waals surface area contributed by atoms with Crippen molar-refractivity contribution in [1.82, 2.24) is 0 Å². The number of ether oxygens (including phenoxy) is 1. The lowest BCUT2D eigenvalue weighted by Crippen LogP contribution is -2.10. The lowest BCUT2D eigenvalue weighted by atomic mass is 10.1. The summed E-state index contributed by atoms with van der Waals surface area (Å²) in [5.74, 6) is -2.80. The van der Waals surface area contributed by atoms with Gasteiger partial charge < -0.3 is 9.15 Å². The van der Waals surface area contributed by atoms with E-state index >= 15 is 0 Å². The molecule has 3 rings (SSSR count). The molecular formula is C18H11ClF2O4. The first-order chi connectivity index (χ1) is 11.8. The van der Waals surface area contributed by atoms with E-state index in [0.717, 1.165) is 17.7 Å². The molecule has 1 aromatic heterocycles. The molecule has 7 heteroatoms. The lowest BCUT2D eigenvalue weighted by Gasteiger charge is -2.09. The zero-order valence-corrected chi connectivity index (χ0v) is 13.7.